The lowest BCUT2D eigenvalue weighted by Gasteiger charge is -2.24. The Kier molecular flexibility index (Phi) is 5.14. The Bertz CT molecular complexity index is 2160. The summed E-state index contributed by atoms with van der Waals surface area (Å²) >= 11 is 0. The van der Waals surface area contributed by atoms with Gasteiger partial charge >= 0.3 is 0 Å². The zero-order valence-corrected chi connectivity index (χ0v) is 21.7. The molecule has 0 saturated heterocycles. The van der Waals surface area contributed by atoms with Gasteiger partial charge in [-0.3, -0.25) is 4.90 Å². The summed E-state index contributed by atoms with van der Waals surface area (Å²) in [4.78, 5) is 7.38. The molecule has 0 bridgehead atoms. The molecule has 0 spiro atoms. The zero-order valence-electron chi connectivity index (χ0n) is 21.7. The Balaban J connectivity index is 1.27. The summed E-state index contributed by atoms with van der Waals surface area (Å²) in [5.41, 5.74) is 7.03. The summed E-state index contributed by atoms with van der Waals surface area (Å²) in [5, 5.41) is 5.78. The highest BCUT2D eigenvalue weighted by atomic mass is 16.3. The Morgan fingerprint density at radius 1 is 0.475 bits per heavy atom. The highest BCUT2D eigenvalue weighted by Gasteiger charge is 2.18. The lowest BCUT2D eigenvalue weighted by molar-refractivity contribution is 0.672. The summed E-state index contributed by atoms with van der Waals surface area (Å²) in [6.45, 7) is 0. The van der Waals surface area contributed by atoms with Crippen molar-refractivity contribution in [3.8, 4) is 11.1 Å². The molecule has 2 aromatic heterocycles. The van der Waals surface area contributed by atoms with Gasteiger partial charge in [0.25, 0.3) is 0 Å². The fourth-order valence-electron chi connectivity index (χ4n) is 5.74. The van der Waals surface area contributed by atoms with Crippen LogP contribution in [-0.4, -0.2) is 4.98 Å². The van der Waals surface area contributed by atoms with Gasteiger partial charge in [-0.15, -0.1) is 0 Å². The number of anilines is 3. The molecule has 0 fully saturated rings. The molecule has 2 heterocycles. The number of benzene rings is 6. The molecule has 0 aliphatic rings. The molecule has 0 aliphatic carbocycles. The molecule has 0 saturated carbocycles. The Labute approximate surface area is 231 Å². The highest BCUT2D eigenvalue weighted by Crippen LogP contribution is 2.39. The summed E-state index contributed by atoms with van der Waals surface area (Å²) in [7, 11) is 0. The predicted molar refractivity (Wildman–Crippen MR) is 167 cm³/mol. The van der Waals surface area contributed by atoms with Crippen molar-refractivity contribution in [3.63, 3.8) is 0 Å². The molecule has 8 aromatic rings. The van der Waals surface area contributed by atoms with Crippen LogP contribution in [0.25, 0.3) is 54.7 Å². The molecule has 0 unspecified atom stereocenters. The van der Waals surface area contributed by atoms with Crippen molar-refractivity contribution in [2.75, 3.05) is 4.90 Å². The van der Waals surface area contributed by atoms with Gasteiger partial charge < -0.3 is 4.42 Å². The first-order valence-electron chi connectivity index (χ1n) is 13.5. The largest absolute Gasteiger partial charge is 0.454 e. The Hall–Kier alpha value is -5.41. The highest BCUT2D eigenvalue weighted by molar-refractivity contribution is 6.14. The predicted octanol–water partition coefficient (Wildman–Crippen LogP) is 10.4. The number of pyridine rings is 1. The molecule has 0 aliphatic heterocycles. The molecular formula is C37H24N2O. The number of nitrogens with zero attached hydrogens (tertiary/aromatic N) is 2. The zero-order chi connectivity index (χ0) is 26.5. The Morgan fingerprint density at radius 3 is 1.98 bits per heavy atom. The van der Waals surface area contributed by atoms with E-state index in [0.29, 0.717) is 0 Å². The van der Waals surface area contributed by atoms with Crippen molar-refractivity contribution >= 4 is 60.8 Å². The van der Waals surface area contributed by atoms with E-state index in [2.05, 4.69) is 126 Å². The van der Waals surface area contributed by atoms with Gasteiger partial charge in [0.2, 0.25) is 0 Å². The van der Waals surface area contributed by atoms with Gasteiger partial charge in [0.1, 0.15) is 16.9 Å². The summed E-state index contributed by atoms with van der Waals surface area (Å²) in [6.07, 6.45) is 0. The summed E-state index contributed by atoms with van der Waals surface area (Å²) in [5.74, 6) is 0.840. The van der Waals surface area contributed by atoms with Crippen LogP contribution in [0.2, 0.25) is 0 Å². The van der Waals surface area contributed by atoms with Crippen LogP contribution in [0.1, 0.15) is 0 Å². The molecule has 188 valence electrons. The second kappa shape index (κ2) is 9.11. The fraction of sp³-hybridized carbons (Fsp3) is 0. The smallest absolute Gasteiger partial charge is 0.154 e. The van der Waals surface area contributed by atoms with E-state index < -0.39 is 0 Å². The van der Waals surface area contributed by atoms with Gasteiger partial charge in [-0.25, -0.2) is 4.98 Å². The van der Waals surface area contributed by atoms with E-state index in [4.69, 9.17) is 9.40 Å². The monoisotopic (exact) mass is 512 g/mol. The van der Waals surface area contributed by atoms with Gasteiger partial charge in [-0.1, -0.05) is 103 Å². The van der Waals surface area contributed by atoms with Crippen LogP contribution >= 0.6 is 0 Å². The minimum absolute atomic E-state index is 0.786. The van der Waals surface area contributed by atoms with Crippen LogP contribution < -0.4 is 4.90 Å². The molecule has 0 amide bonds. The van der Waals surface area contributed by atoms with E-state index in [0.717, 1.165) is 50.0 Å². The number of hydrogen-bond acceptors (Lipinski definition) is 3. The molecule has 0 radical (unpaired) electrons. The van der Waals surface area contributed by atoms with Crippen LogP contribution in [0.15, 0.2) is 150 Å². The van der Waals surface area contributed by atoms with E-state index in [9.17, 15) is 0 Å². The third kappa shape index (κ3) is 3.63. The number of hydrogen-bond donors (Lipinski definition) is 0. The lowest BCUT2D eigenvalue weighted by atomic mass is 9.98. The minimum atomic E-state index is 0.786. The Morgan fingerprint density at radius 2 is 1.15 bits per heavy atom. The van der Waals surface area contributed by atoms with Crippen LogP contribution in [-0.2, 0) is 0 Å². The second-order valence-electron chi connectivity index (χ2n) is 10.0. The van der Waals surface area contributed by atoms with Gasteiger partial charge in [0.15, 0.2) is 5.58 Å². The van der Waals surface area contributed by atoms with Crippen LogP contribution in [0.4, 0.5) is 17.2 Å². The first-order valence-corrected chi connectivity index (χ1v) is 13.5. The van der Waals surface area contributed by atoms with Gasteiger partial charge in [0.05, 0.1) is 0 Å². The van der Waals surface area contributed by atoms with E-state index in [-0.39, 0.29) is 0 Å². The van der Waals surface area contributed by atoms with Crippen LogP contribution in [0.5, 0.6) is 0 Å². The molecule has 40 heavy (non-hydrogen) atoms. The molecular weight excluding hydrogens is 488 g/mol. The molecule has 0 N–H and O–H groups in total. The maximum Gasteiger partial charge on any atom is 0.154 e. The van der Waals surface area contributed by atoms with Crippen molar-refractivity contribution in [1.29, 1.82) is 0 Å². The molecule has 0 atom stereocenters. The third-order valence-corrected chi connectivity index (χ3v) is 7.66. The van der Waals surface area contributed by atoms with Gasteiger partial charge in [0, 0.05) is 22.1 Å². The van der Waals surface area contributed by atoms with Crippen molar-refractivity contribution in [2.45, 2.75) is 0 Å². The lowest BCUT2D eigenvalue weighted by Crippen LogP contribution is -2.11. The molecule has 3 nitrogen and oxygen atoms in total. The molecule has 8 rings (SSSR count). The summed E-state index contributed by atoms with van der Waals surface area (Å²) in [6, 6.07) is 50.8. The van der Waals surface area contributed by atoms with Gasteiger partial charge in [-0.05, 0) is 69.8 Å². The van der Waals surface area contributed by atoms with Crippen molar-refractivity contribution in [1.82, 2.24) is 4.98 Å². The minimum Gasteiger partial charge on any atom is -0.454 e. The van der Waals surface area contributed by atoms with E-state index in [1.807, 2.05) is 24.3 Å². The number of para-hydroxylation sites is 1. The molecule has 6 aromatic carbocycles. The second-order valence-corrected chi connectivity index (χ2v) is 10.0. The molecule has 3 heteroatoms. The number of fused-ring (bicyclic) bond motifs is 6. The number of furan rings is 1. The summed E-state index contributed by atoms with van der Waals surface area (Å²) < 4.78 is 6.33. The number of rotatable bonds is 4. The van der Waals surface area contributed by atoms with E-state index >= 15 is 0 Å². The topological polar surface area (TPSA) is 29.3 Å². The van der Waals surface area contributed by atoms with Crippen molar-refractivity contribution in [3.05, 3.63) is 146 Å². The maximum atomic E-state index is 6.33. The fourth-order valence-corrected chi connectivity index (χ4v) is 5.74. The first-order chi connectivity index (χ1) is 19.8. The quantitative estimate of drug-likeness (QED) is 0.235. The normalized spacial score (nSPS) is 11.5. The SMILES string of the molecule is c1ccc(N(c2ccc(-c3cccc4ccccc34)cc2)c2ccc3oc4c5ccccc5ccc4c3n2)cc1. The first kappa shape index (κ1) is 22.6. The number of aromatic nitrogens is 1. The third-order valence-electron chi connectivity index (χ3n) is 7.66. The van der Waals surface area contributed by atoms with Gasteiger partial charge in [-0.2, -0.15) is 0 Å². The standard InChI is InChI=1S/C37H24N2O/c1-2-12-28(13-3-1)39(29-20-17-27(18-21-29)31-16-8-11-25-9-4-6-14-30(25)31)35-24-23-34-36(38-35)33-22-19-26-10-5-7-15-32(26)37(33)40-34/h1-24H. The van der Waals surface area contributed by atoms with Crippen LogP contribution in [0.3, 0.4) is 0 Å². The average Bonchev–Trinajstić information content (AvgIpc) is 3.40. The average molecular weight is 513 g/mol. The van der Waals surface area contributed by atoms with Crippen molar-refractivity contribution in [2.24, 2.45) is 0 Å². The van der Waals surface area contributed by atoms with E-state index in [1.54, 1.807) is 0 Å². The van der Waals surface area contributed by atoms with Crippen molar-refractivity contribution < 1.29 is 4.42 Å². The van der Waals surface area contributed by atoms with Crippen LogP contribution in [0, 0.1) is 0 Å². The van der Waals surface area contributed by atoms with E-state index in [1.165, 1.54) is 21.9 Å². The maximum absolute atomic E-state index is 6.33.